The number of rotatable bonds is 0. The molecule has 1 aromatic rings. The van der Waals surface area contributed by atoms with Crippen LogP contribution in [0.1, 0.15) is 0 Å². The second kappa shape index (κ2) is 3.27. The third-order valence-corrected chi connectivity index (χ3v) is 3.41. The van der Waals surface area contributed by atoms with E-state index in [1.807, 2.05) is 0 Å². The van der Waals surface area contributed by atoms with Crippen molar-refractivity contribution >= 4 is 51.7 Å². The molecule has 0 aromatic heterocycles. The minimum Gasteiger partial charge on any atom is -0.106 e. The Bertz CT molecular complexity index is 222. The van der Waals surface area contributed by atoms with Gasteiger partial charge in [-0.1, -0.05) is 12.1 Å². The summed E-state index contributed by atoms with van der Waals surface area (Å²) in [6.07, 6.45) is 0. The molecule has 0 amide bonds. The summed E-state index contributed by atoms with van der Waals surface area (Å²) in [4.78, 5) is 0. The van der Waals surface area contributed by atoms with Gasteiger partial charge in [-0.2, -0.15) is 0 Å². The summed E-state index contributed by atoms with van der Waals surface area (Å²) in [5.74, 6) is 0. The lowest BCUT2D eigenvalue weighted by Gasteiger charge is -1.96. The third-order valence-electron chi connectivity index (χ3n) is 1.02. The van der Waals surface area contributed by atoms with E-state index in [0.717, 1.165) is 0 Å². The fourth-order valence-electron chi connectivity index (χ4n) is 0.543. The molecule has 0 bridgehead atoms. The lowest BCUT2D eigenvalue weighted by atomic mass is 10.4. The van der Waals surface area contributed by atoms with E-state index in [0.29, 0.717) is 0 Å². The quantitative estimate of drug-likeness (QED) is 0.491. The summed E-state index contributed by atoms with van der Waals surface area (Å²) in [7, 11) is 5.36. The van der Waals surface area contributed by atoms with Gasteiger partial charge in [-0.25, -0.2) is 0 Å². The van der Waals surface area contributed by atoms with E-state index >= 15 is 0 Å². The molecule has 0 aliphatic heterocycles. The average molecular weight is 268 g/mol. The SMILES string of the molecule is Pc1ccc(P)c(I)c1. The molecule has 0 spiro atoms. The highest BCUT2D eigenvalue weighted by atomic mass is 127. The minimum atomic E-state index is 1.24. The van der Waals surface area contributed by atoms with Gasteiger partial charge < -0.3 is 0 Å². The summed E-state index contributed by atoms with van der Waals surface area (Å²) in [6, 6.07) is 6.30. The van der Waals surface area contributed by atoms with Crippen LogP contribution < -0.4 is 10.6 Å². The smallest absolute Gasteiger partial charge is 0.0208 e. The second-order valence-electron chi connectivity index (χ2n) is 1.78. The van der Waals surface area contributed by atoms with E-state index < -0.39 is 0 Å². The van der Waals surface area contributed by atoms with Gasteiger partial charge in [0.25, 0.3) is 0 Å². The lowest BCUT2D eigenvalue weighted by molar-refractivity contribution is 1.79. The minimum absolute atomic E-state index is 1.24. The first kappa shape index (κ1) is 7.91. The molecule has 2 unspecified atom stereocenters. The van der Waals surface area contributed by atoms with Gasteiger partial charge in [0.05, 0.1) is 0 Å². The van der Waals surface area contributed by atoms with Gasteiger partial charge in [0.1, 0.15) is 0 Å². The van der Waals surface area contributed by atoms with Gasteiger partial charge in [0.15, 0.2) is 0 Å². The largest absolute Gasteiger partial charge is 0.106 e. The van der Waals surface area contributed by atoms with Crippen molar-refractivity contribution in [3.63, 3.8) is 0 Å². The van der Waals surface area contributed by atoms with Crippen LogP contribution in [0.4, 0.5) is 0 Å². The van der Waals surface area contributed by atoms with Crippen molar-refractivity contribution in [2.45, 2.75) is 0 Å². The van der Waals surface area contributed by atoms with E-state index in [-0.39, 0.29) is 0 Å². The number of halogens is 1. The fourth-order valence-corrected chi connectivity index (χ4v) is 1.86. The van der Waals surface area contributed by atoms with Crippen molar-refractivity contribution in [1.82, 2.24) is 0 Å². The van der Waals surface area contributed by atoms with Crippen LogP contribution in [0.2, 0.25) is 0 Å². The summed E-state index contributed by atoms with van der Waals surface area (Å²) in [5.41, 5.74) is 0. The molecule has 48 valence electrons. The molecule has 0 N–H and O–H groups in total. The molecule has 1 aromatic carbocycles. The Morgan fingerprint density at radius 2 is 1.89 bits per heavy atom. The van der Waals surface area contributed by atoms with Gasteiger partial charge >= 0.3 is 0 Å². The maximum Gasteiger partial charge on any atom is 0.0208 e. The van der Waals surface area contributed by atoms with Gasteiger partial charge in [0.2, 0.25) is 0 Å². The van der Waals surface area contributed by atoms with Crippen molar-refractivity contribution in [2.75, 3.05) is 0 Å². The van der Waals surface area contributed by atoms with Crippen LogP contribution in [0.15, 0.2) is 18.2 Å². The second-order valence-corrected chi connectivity index (χ2v) is 4.23. The van der Waals surface area contributed by atoms with Crippen molar-refractivity contribution in [3.8, 4) is 0 Å². The first-order chi connectivity index (χ1) is 4.20. The van der Waals surface area contributed by atoms with Crippen LogP contribution in [-0.2, 0) is 0 Å². The Hall–Kier alpha value is 0.810. The van der Waals surface area contributed by atoms with Crippen LogP contribution >= 0.6 is 41.1 Å². The molecule has 3 heteroatoms. The average Bonchev–Trinajstić information content (AvgIpc) is 1.80. The molecule has 0 fully saturated rings. The molecule has 2 atom stereocenters. The topological polar surface area (TPSA) is 0 Å². The molecule has 0 heterocycles. The van der Waals surface area contributed by atoms with Crippen molar-refractivity contribution in [2.24, 2.45) is 0 Å². The molecule has 0 radical (unpaired) electrons. The fraction of sp³-hybridized carbons (Fsp3) is 0. The lowest BCUT2D eigenvalue weighted by Crippen LogP contribution is -2.01. The molecule has 0 nitrogen and oxygen atoms in total. The number of hydrogen-bond donors (Lipinski definition) is 0. The summed E-state index contributed by atoms with van der Waals surface area (Å²) in [6.45, 7) is 0. The Morgan fingerprint density at radius 1 is 1.22 bits per heavy atom. The maximum absolute atomic E-state index is 2.69. The van der Waals surface area contributed by atoms with E-state index in [2.05, 4.69) is 59.3 Å². The standard InChI is InChI=1S/C6H7IP2/c7-5-3-4(8)1-2-6(5)9/h1-3H,8-9H2. The molecule has 0 aliphatic carbocycles. The van der Waals surface area contributed by atoms with Crippen LogP contribution in [0, 0.1) is 3.57 Å². The first-order valence-corrected chi connectivity index (χ1v) is 4.74. The Morgan fingerprint density at radius 3 is 2.33 bits per heavy atom. The van der Waals surface area contributed by atoms with E-state index in [1.165, 1.54) is 14.2 Å². The van der Waals surface area contributed by atoms with Crippen molar-refractivity contribution in [3.05, 3.63) is 21.8 Å². The van der Waals surface area contributed by atoms with Crippen LogP contribution in [0.3, 0.4) is 0 Å². The Kier molecular flexibility index (Phi) is 2.88. The molecule has 0 saturated heterocycles. The third kappa shape index (κ3) is 2.14. The zero-order valence-electron chi connectivity index (χ0n) is 4.76. The predicted molar refractivity (Wildman–Crippen MR) is 57.8 cm³/mol. The number of benzene rings is 1. The molecular formula is C6H7IP2. The van der Waals surface area contributed by atoms with Gasteiger partial charge in [-0.15, -0.1) is 18.5 Å². The van der Waals surface area contributed by atoms with E-state index in [4.69, 9.17) is 0 Å². The van der Waals surface area contributed by atoms with Crippen molar-refractivity contribution < 1.29 is 0 Å². The molecule has 0 saturated carbocycles. The normalized spacial score (nSPS) is 9.67. The summed E-state index contributed by atoms with van der Waals surface area (Å²) < 4.78 is 1.30. The molecular weight excluding hydrogens is 261 g/mol. The van der Waals surface area contributed by atoms with Crippen LogP contribution in [-0.4, -0.2) is 0 Å². The highest BCUT2D eigenvalue weighted by Gasteiger charge is 1.91. The van der Waals surface area contributed by atoms with E-state index in [9.17, 15) is 0 Å². The zero-order valence-corrected chi connectivity index (χ0v) is 9.23. The predicted octanol–water partition coefficient (Wildman–Crippen LogP) is 1.29. The Labute approximate surface area is 73.4 Å². The Balaban J connectivity index is 3.17. The monoisotopic (exact) mass is 268 g/mol. The highest BCUT2D eigenvalue weighted by molar-refractivity contribution is 14.1. The number of hydrogen-bond acceptors (Lipinski definition) is 0. The maximum atomic E-state index is 2.69. The van der Waals surface area contributed by atoms with Gasteiger partial charge in [-0.05, 0) is 39.3 Å². The molecule has 9 heavy (non-hydrogen) atoms. The molecule has 1 rings (SSSR count). The van der Waals surface area contributed by atoms with Gasteiger partial charge in [0, 0.05) is 3.57 Å². The highest BCUT2D eigenvalue weighted by Crippen LogP contribution is 2.03. The van der Waals surface area contributed by atoms with E-state index in [1.54, 1.807) is 0 Å². The van der Waals surface area contributed by atoms with Crippen molar-refractivity contribution in [1.29, 1.82) is 0 Å². The van der Waals surface area contributed by atoms with Crippen LogP contribution in [0.25, 0.3) is 0 Å². The zero-order chi connectivity index (χ0) is 6.85. The first-order valence-electron chi connectivity index (χ1n) is 2.50. The van der Waals surface area contributed by atoms with Crippen LogP contribution in [0.5, 0.6) is 0 Å². The van der Waals surface area contributed by atoms with Gasteiger partial charge in [-0.3, -0.25) is 0 Å². The molecule has 0 aliphatic rings. The summed E-state index contributed by atoms with van der Waals surface area (Å²) in [5, 5.41) is 2.51. The summed E-state index contributed by atoms with van der Waals surface area (Å²) >= 11 is 2.32.